The van der Waals surface area contributed by atoms with Gasteiger partial charge in [0.25, 0.3) is 0 Å². The van der Waals surface area contributed by atoms with Crippen molar-refractivity contribution in [2.24, 2.45) is 0 Å². The lowest BCUT2D eigenvalue weighted by Crippen LogP contribution is -2.02. The van der Waals surface area contributed by atoms with Gasteiger partial charge in [-0.3, -0.25) is 0 Å². The van der Waals surface area contributed by atoms with Crippen LogP contribution in [0.2, 0.25) is 0 Å². The van der Waals surface area contributed by atoms with Gasteiger partial charge >= 0.3 is 6.18 Å². The molecular formula is C12H10F3N3S2. The minimum atomic E-state index is -4.42. The van der Waals surface area contributed by atoms with Crippen LogP contribution in [0.5, 0.6) is 0 Å². The number of hydrogen-bond acceptors (Lipinski definition) is 4. The molecule has 1 N–H and O–H groups in total. The molecule has 106 valence electrons. The predicted octanol–water partition coefficient (Wildman–Crippen LogP) is 4.47. The summed E-state index contributed by atoms with van der Waals surface area (Å²) < 4.78 is 38.3. The van der Waals surface area contributed by atoms with Gasteiger partial charge in [0, 0.05) is 17.7 Å². The van der Waals surface area contributed by atoms with Crippen molar-refractivity contribution in [3.63, 3.8) is 0 Å². The molecule has 2 heterocycles. The largest absolute Gasteiger partial charge is 0.443 e. The van der Waals surface area contributed by atoms with E-state index in [1.54, 1.807) is 6.92 Å². The van der Waals surface area contributed by atoms with Crippen LogP contribution in [0.3, 0.4) is 0 Å². The van der Waals surface area contributed by atoms with E-state index in [1.165, 1.54) is 6.20 Å². The number of thiazole rings is 1. The number of H-pyrrole nitrogens is 1. The third-order valence-electron chi connectivity index (χ3n) is 3.13. The lowest BCUT2D eigenvalue weighted by Gasteiger charge is -2.07. The molecule has 0 aliphatic heterocycles. The second-order valence-electron chi connectivity index (χ2n) is 4.73. The van der Waals surface area contributed by atoms with E-state index >= 15 is 0 Å². The van der Waals surface area contributed by atoms with Crippen LogP contribution in [-0.4, -0.2) is 15.0 Å². The van der Waals surface area contributed by atoms with Crippen molar-refractivity contribution >= 4 is 23.6 Å². The van der Waals surface area contributed by atoms with Crippen molar-refractivity contribution in [3.8, 4) is 10.6 Å². The normalized spacial score (nSPS) is 15.6. The van der Waals surface area contributed by atoms with Crippen molar-refractivity contribution in [1.82, 2.24) is 15.0 Å². The Kier molecular flexibility index (Phi) is 3.17. The molecule has 2 aromatic heterocycles. The Morgan fingerprint density at radius 3 is 2.65 bits per heavy atom. The van der Waals surface area contributed by atoms with E-state index in [9.17, 15) is 13.2 Å². The standard InChI is InChI=1S/C12H10F3N3S2/c1-5-8(7-4-16-11(20-7)12(13,14)15)17-9(6-2-3-6)18-10(5)19/h4,6H,2-3H2,1H3,(H,17,18,19). The first-order valence-corrected chi connectivity index (χ1v) is 7.23. The number of hydrogen-bond donors (Lipinski definition) is 1. The Bertz CT molecular complexity index is 713. The fourth-order valence-electron chi connectivity index (χ4n) is 1.87. The number of aromatic amines is 1. The molecule has 0 spiro atoms. The summed E-state index contributed by atoms with van der Waals surface area (Å²) in [5.74, 6) is 1.11. The molecule has 8 heteroatoms. The Morgan fingerprint density at radius 1 is 1.40 bits per heavy atom. The van der Waals surface area contributed by atoms with Crippen molar-refractivity contribution in [3.05, 3.63) is 27.2 Å². The van der Waals surface area contributed by atoms with Crippen LogP contribution in [0, 0.1) is 11.6 Å². The Hall–Kier alpha value is -1.28. The van der Waals surface area contributed by atoms with E-state index in [1.807, 2.05) is 0 Å². The molecule has 0 bridgehead atoms. The van der Waals surface area contributed by atoms with E-state index in [-0.39, 0.29) is 0 Å². The number of halogens is 3. The van der Waals surface area contributed by atoms with Gasteiger partial charge in [-0.1, -0.05) is 12.2 Å². The molecule has 0 saturated heterocycles. The summed E-state index contributed by atoms with van der Waals surface area (Å²) in [6, 6.07) is 0. The topological polar surface area (TPSA) is 41.6 Å². The fraction of sp³-hybridized carbons (Fsp3) is 0.417. The molecule has 0 aromatic carbocycles. The third-order valence-corrected chi connectivity index (χ3v) is 4.59. The number of nitrogens with zero attached hydrogens (tertiary/aromatic N) is 2. The van der Waals surface area contributed by atoms with E-state index in [4.69, 9.17) is 12.2 Å². The van der Waals surface area contributed by atoms with Gasteiger partial charge in [0.1, 0.15) is 10.5 Å². The maximum Gasteiger partial charge on any atom is 0.443 e. The SMILES string of the molecule is Cc1c(-c2cnc(C(F)(F)F)s2)[nH]c(C2CC2)nc1=S. The first-order chi connectivity index (χ1) is 9.36. The number of aromatic nitrogens is 3. The highest BCUT2D eigenvalue weighted by molar-refractivity contribution is 7.71. The fourth-order valence-corrected chi connectivity index (χ4v) is 2.91. The van der Waals surface area contributed by atoms with Crippen LogP contribution in [0.15, 0.2) is 6.20 Å². The second kappa shape index (κ2) is 4.63. The van der Waals surface area contributed by atoms with Gasteiger partial charge in [0.05, 0.1) is 10.6 Å². The lowest BCUT2D eigenvalue weighted by molar-refractivity contribution is -0.137. The zero-order chi connectivity index (χ0) is 14.5. The Morgan fingerprint density at radius 2 is 2.10 bits per heavy atom. The van der Waals surface area contributed by atoms with Gasteiger partial charge < -0.3 is 4.98 Å². The summed E-state index contributed by atoms with van der Waals surface area (Å²) in [6.45, 7) is 1.75. The summed E-state index contributed by atoms with van der Waals surface area (Å²) in [5.41, 5.74) is 1.28. The van der Waals surface area contributed by atoms with Gasteiger partial charge in [-0.2, -0.15) is 13.2 Å². The summed E-state index contributed by atoms with van der Waals surface area (Å²) in [5, 5.41) is -0.851. The minimum absolute atomic E-state index is 0.353. The highest BCUT2D eigenvalue weighted by Gasteiger charge is 2.35. The molecule has 0 unspecified atom stereocenters. The molecule has 3 rings (SSSR count). The van der Waals surface area contributed by atoms with E-state index in [2.05, 4.69) is 15.0 Å². The van der Waals surface area contributed by atoms with Gasteiger partial charge in [-0.05, 0) is 19.8 Å². The number of rotatable bonds is 2. The molecule has 0 radical (unpaired) electrons. The van der Waals surface area contributed by atoms with Crippen molar-refractivity contribution in [2.75, 3.05) is 0 Å². The van der Waals surface area contributed by atoms with Crippen LogP contribution in [0.1, 0.15) is 35.2 Å². The number of alkyl halides is 3. The van der Waals surface area contributed by atoms with Crippen molar-refractivity contribution in [2.45, 2.75) is 31.9 Å². The van der Waals surface area contributed by atoms with Crippen LogP contribution in [0.4, 0.5) is 13.2 Å². The zero-order valence-electron chi connectivity index (χ0n) is 10.4. The smallest absolute Gasteiger partial charge is 0.342 e. The quantitative estimate of drug-likeness (QED) is 0.831. The highest BCUT2D eigenvalue weighted by atomic mass is 32.1. The van der Waals surface area contributed by atoms with Gasteiger partial charge in [-0.25, -0.2) is 9.97 Å². The summed E-state index contributed by atoms with van der Waals surface area (Å²) in [4.78, 5) is 11.3. The molecule has 0 atom stereocenters. The molecule has 0 amide bonds. The monoisotopic (exact) mass is 317 g/mol. The molecule has 1 aliphatic rings. The molecule has 1 saturated carbocycles. The Labute approximate surface area is 121 Å². The summed E-state index contributed by atoms with van der Waals surface area (Å²) >= 11 is 5.80. The Balaban J connectivity index is 2.09. The van der Waals surface area contributed by atoms with E-state index in [0.29, 0.717) is 38.0 Å². The summed E-state index contributed by atoms with van der Waals surface area (Å²) in [7, 11) is 0. The van der Waals surface area contributed by atoms with Crippen LogP contribution in [0.25, 0.3) is 10.6 Å². The highest BCUT2D eigenvalue weighted by Crippen LogP contribution is 2.40. The average Bonchev–Trinajstić information content (AvgIpc) is 3.08. The van der Waals surface area contributed by atoms with Crippen LogP contribution < -0.4 is 0 Å². The molecule has 1 aliphatic carbocycles. The molecule has 3 nitrogen and oxygen atoms in total. The number of nitrogens with one attached hydrogen (secondary N) is 1. The third kappa shape index (κ3) is 2.49. The molecule has 20 heavy (non-hydrogen) atoms. The molecule has 2 aromatic rings. The first-order valence-electron chi connectivity index (χ1n) is 6.00. The van der Waals surface area contributed by atoms with Gasteiger partial charge in [-0.15, -0.1) is 11.3 Å². The second-order valence-corrected chi connectivity index (χ2v) is 6.15. The zero-order valence-corrected chi connectivity index (χ0v) is 12.0. The minimum Gasteiger partial charge on any atom is -0.342 e. The average molecular weight is 317 g/mol. The lowest BCUT2D eigenvalue weighted by atomic mass is 10.2. The molecular weight excluding hydrogens is 307 g/mol. The first kappa shape index (κ1) is 13.7. The van der Waals surface area contributed by atoms with Crippen LogP contribution >= 0.6 is 23.6 Å². The van der Waals surface area contributed by atoms with E-state index in [0.717, 1.165) is 18.7 Å². The predicted molar refractivity (Wildman–Crippen MR) is 72.2 cm³/mol. The van der Waals surface area contributed by atoms with Crippen LogP contribution in [-0.2, 0) is 6.18 Å². The maximum absolute atomic E-state index is 12.6. The van der Waals surface area contributed by atoms with Crippen molar-refractivity contribution in [1.29, 1.82) is 0 Å². The maximum atomic E-state index is 12.6. The van der Waals surface area contributed by atoms with Gasteiger partial charge in [0.15, 0.2) is 5.01 Å². The van der Waals surface area contributed by atoms with Crippen molar-refractivity contribution < 1.29 is 13.2 Å². The summed E-state index contributed by atoms with van der Waals surface area (Å²) in [6.07, 6.45) is -1.10. The van der Waals surface area contributed by atoms with Gasteiger partial charge in [0.2, 0.25) is 0 Å². The van der Waals surface area contributed by atoms with E-state index < -0.39 is 11.2 Å². The molecule has 1 fully saturated rings.